The van der Waals surface area contributed by atoms with Crippen molar-refractivity contribution in [2.45, 2.75) is 13.0 Å². The Morgan fingerprint density at radius 3 is 2.64 bits per heavy atom. The summed E-state index contributed by atoms with van der Waals surface area (Å²) >= 11 is 0. The number of para-hydroxylation sites is 2. The Balaban J connectivity index is 1.66. The Morgan fingerprint density at radius 1 is 1.20 bits per heavy atom. The second kappa shape index (κ2) is 7.70. The van der Waals surface area contributed by atoms with Crippen LogP contribution in [0.5, 0.6) is 11.5 Å². The van der Waals surface area contributed by atoms with Gasteiger partial charge in [0.15, 0.2) is 0 Å². The van der Waals surface area contributed by atoms with Gasteiger partial charge in [-0.25, -0.2) is 4.79 Å². The fraction of sp³-hybridized carbons (Fsp3) is 0.263. The van der Waals surface area contributed by atoms with Gasteiger partial charge in [0.2, 0.25) is 0 Å². The molecule has 1 atom stereocenters. The molecule has 1 N–H and O–H groups in total. The number of carbonyl (C=O) groups excluding carboxylic acids is 2. The second-order valence-electron chi connectivity index (χ2n) is 5.85. The van der Waals surface area contributed by atoms with Crippen molar-refractivity contribution in [3.63, 3.8) is 0 Å². The molecule has 1 fully saturated rings. The van der Waals surface area contributed by atoms with E-state index in [1.165, 1.54) is 0 Å². The van der Waals surface area contributed by atoms with Gasteiger partial charge in [-0.3, -0.25) is 4.79 Å². The van der Waals surface area contributed by atoms with Crippen molar-refractivity contribution in [1.29, 1.82) is 0 Å². The van der Waals surface area contributed by atoms with E-state index in [2.05, 4.69) is 5.32 Å². The first kappa shape index (κ1) is 16.8. The molecule has 2 aromatic carbocycles. The average Bonchev–Trinajstić information content (AvgIpc) is 3.01. The van der Waals surface area contributed by atoms with Gasteiger partial charge in [-0.15, -0.1) is 0 Å². The Hall–Kier alpha value is -3.02. The molecule has 0 unspecified atom stereocenters. The number of carbonyl (C=O) groups is 2. The third-order valence-electron chi connectivity index (χ3n) is 3.82. The first-order valence-electron chi connectivity index (χ1n) is 8.18. The monoisotopic (exact) mass is 340 g/mol. The molecule has 0 bridgehead atoms. The maximum Gasteiger partial charge on any atom is 0.410 e. The van der Waals surface area contributed by atoms with Crippen LogP contribution >= 0.6 is 0 Å². The van der Waals surface area contributed by atoms with E-state index in [0.29, 0.717) is 36.8 Å². The van der Waals surface area contributed by atoms with E-state index in [1.54, 1.807) is 23.1 Å². The third-order valence-corrected chi connectivity index (χ3v) is 3.82. The fourth-order valence-electron chi connectivity index (χ4n) is 2.63. The van der Waals surface area contributed by atoms with Crippen LogP contribution in [0, 0.1) is 0 Å². The van der Waals surface area contributed by atoms with Crippen molar-refractivity contribution in [2.24, 2.45) is 0 Å². The van der Waals surface area contributed by atoms with Crippen molar-refractivity contribution >= 4 is 12.0 Å². The lowest BCUT2D eigenvalue weighted by Crippen LogP contribution is -2.42. The van der Waals surface area contributed by atoms with Crippen LogP contribution in [0.25, 0.3) is 0 Å². The minimum atomic E-state index is -0.339. The number of hydrogen-bond acceptors (Lipinski definition) is 4. The maximum absolute atomic E-state index is 12.6. The standard InChI is InChI=1S/C19H20N2O4/c1-14(13-21-11-12-24-19(21)23)20-18(22)16-9-5-6-10-17(16)25-15-7-3-2-4-8-15/h2-10,14H,11-13H2,1H3,(H,20,22)/t14-/m0/s1. The van der Waals surface area contributed by atoms with E-state index in [-0.39, 0.29) is 18.0 Å². The zero-order valence-electron chi connectivity index (χ0n) is 14.0. The Labute approximate surface area is 146 Å². The van der Waals surface area contributed by atoms with Gasteiger partial charge in [0, 0.05) is 12.6 Å². The molecule has 1 saturated heterocycles. The van der Waals surface area contributed by atoms with E-state index in [4.69, 9.17) is 9.47 Å². The van der Waals surface area contributed by atoms with Crippen LogP contribution in [-0.4, -0.2) is 42.6 Å². The number of hydrogen-bond donors (Lipinski definition) is 1. The van der Waals surface area contributed by atoms with E-state index in [9.17, 15) is 9.59 Å². The largest absolute Gasteiger partial charge is 0.457 e. The van der Waals surface area contributed by atoms with Crippen LogP contribution in [0.15, 0.2) is 54.6 Å². The van der Waals surface area contributed by atoms with Crippen molar-refractivity contribution < 1.29 is 19.1 Å². The predicted octanol–water partition coefficient (Wildman–Crippen LogP) is 3.05. The summed E-state index contributed by atoms with van der Waals surface area (Å²) < 4.78 is 10.7. The molecular weight excluding hydrogens is 320 g/mol. The molecule has 1 aliphatic heterocycles. The summed E-state index contributed by atoms with van der Waals surface area (Å²) in [5.41, 5.74) is 0.446. The smallest absolute Gasteiger partial charge is 0.410 e. The van der Waals surface area contributed by atoms with Gasteiger partial charge in [-0.1, -0.05) is 30.3 Å². The van der Waals surface area contributed by atoms with Crippen LogP contribution in [0.3, 0.4) is 0 Å². The minimum absolute atomic E-state index is 0.206. The Morgan fingerprint density at radius 2 is 1.92 bits per heavy atom. The molecule has 1 heterocycles. The normalized spacial score (nSPS) is 14.8. The number of amides is 2. The number of nitrogens with zero attached hydrogens (tertiary/aromatic N) is 1. The highest BCUT2D eigenvalue weighted by Crippen LogP contribution is 2.25. The van der Waals surface area contributed by atoms with E-state index in [1.807, 2.05) is 43.3 Å². The van der Waals surface area contributed by atoms with E-state index in [0.717, 1.165) is 0 Å². The van der Waals surface area contributed by atoms with Gasteiger partial charge in [0.25, 0.3) is 5.91 Å². The van der Waals surface area contributed by atoms with Crippen LogP contribution in [0.1, 0.15) is 17.3 Å². The van der Waals surface area contributed by atoms with Gasteiger partial charge in [0.1, 0.15) is 18.1 Å². The summed E-state index contributed by atoms with van der Waals surface area (Å²) in [5.74, 6) is 0.904. The maximum atomic E-state index is 12.6. The highest BCUT2D eigenvalue weighted by molar-refractivity contribution is 5.97. The highest BCUT2D eigenvalue weighted by Gasteiger charge is 2.24. The van der Waals surface area contributed by atoms with E-state index >= 15 is 0 Å². The molecule has 2 amide bonds. The summed E-state index contributed by atoms with van der Waals surface area (Å²) in [6.07, 6.45) is -0.339. The van der Waals surface area contributed by atoms with Crippen molar-refractivity contribution in [2.75, 3.05) is 19.7 Å². The van der Waals surface area contributed by atoms with Crippen LogP contribution in [0.2, 0.25) is 0 Å². The summed E-state index contributed by atoms with van der Waals surface area (Å²) in [7, 11) is 0. The Bertz CT molecular complexity index is 748. The summed E-state index contributed by atoms with van der Waals surface area (Å²) in [4.78, 5) is 25.7. The lowest BCUT2D eigenvalue weighted by molar-refractivity contribution is 0.0928. The third kappa shape index (κ3) is 4.29. The lowest BCUT2D eigenvalue weighted by Gasteiger charge is -2.20. The first-order valence-corrected chi connectivity index (χ1v) is 8.18. The SMILES string of the molecule is C[C@@H](CN1CCOC1=O)NC(=O)c1ccccc1Oc1ccccc1. The molecule has 0 aliphatic carbocycles. The molecule has 0 spiro atoms. The fourth-order valence-corrected chi connectivity index (χ4v) is 2.63. The van der Waals surface area contributed by atoms with Crippen LogP contribution in [-0.2, 0) is 4.74 Å². The molecule has 130 valence electrons. The molecule has 3 rings (SSSR count). The zero-order valence-corrected chi connectivity index (χ0v) is 14.0. The number of rotatable bonds is 6. The van der Waals surface area contributed by atoms with Crippen LogP contribution in [0.4, 0.5) is 4.79 Å². The lowest BCUT2D eigenvalue weighted by atomic mass is 10.1. The van der Waals surface area contributed by atoms with Crippen molar-refractivity contribution in [3.05, 3.63) is 60.2 Å². The molecule has 0 saturated carbocycles. The van der Waals surface area contributed by atoms with Gasteiger partial charge in [0.05, 0.1) is 12.1 Å². The minimum Gasteiger partial charge on any atom is -0.457 e. The number of nitrogens with one attached hydrogen (secondary N) is 1. The molecule has 25 heavy (non-hydrogen) atoms. The van der Waals surface area contributed by atoms with Gasteiger partial charge in [-0.2, -0.15) is 0 Å². The predicted molar refractivity (Wildman–Crippen MR) is 92.8 cm³/mol. The van der Waals surface area contributed by atoms with Gasteiger partial charge < -0.3 is 19.7 Å². The quantitative estimate of drug-likeness (QED) is 0.878. The zero-order chi connectivity index (χ0) is 17.6. The first-order chi connectivity index (χ1) is 12.1. The molecule has 6 heteroatoms. The Kier molecular flexibility index (Phi) is 5.18. The summed E-state index contributed by atoms with van der Waals surface area (Å²) in [5, 5.41) is 2.90. The topological polar surface area (TPSA) is 67.9 Å². The molecule has 1 aliphatic rings. The summed E-state index contributed by atoms with van der Waals surface area (Å²) in [6, 6.07) is 16.2. The van der Waals surface area contributed by atoms with Crippen LogP contribution < -0.4 is 10.1 Å². The molecule has 2 aromatic rings. The van der Waals surface area contributed by atoms with Gasteiger partial charge >= 0.3 is 6.09 Å². The number of cyclic esters (lactones) is 1. The number of ether oxygens (including phenoxy) is 2. The van der Waals surface area contributed by atoms with Crippen molar-refractivity contribution in [1.82, 2.24) is 10.2 Å². The molecule has 0 aromatic heterocycles. The van der Waals surface area contributed by atoms with Gasteiger partial charge in [-0.05, 0) is 31.2 Å². The molecule has 0 radical (unpaired) electrons. The highest BCUT2D eigenvalue weighted by atomic mass is 16.6. The second-order valence-corrected chi connectivity index (χ2v) is 5.85. The van der Waals surface area contributed by atoms with E-state index < -0.39 is 0 Å². The number of benzene rings is 2. The average molecular weight is 340 g/mol. The van der Waals surface area contributed by atoms with Crippen molar-refractivity contribution in [3.8, 4) is 11.5 Å². The molecular formula is C19H20N2O4. The summed E-state index contributed by atoms with van der Waals surface area (Å²) in [6.45, 7) is 3.20. The molecule has 6 nitrogen and oxygen atoms in total.